The lowest BCUT2D eigenvalue weighted by Gasteiger charge is -2.15. The summed E-state index contributed by atoms with van der Waals surface area (Å²) in [5.41, 5.74) is 8.84. The Labute approximate surface area is 96.1 Å². The third-order valence-corrected chi connectivity index (χ3v) is 2.57. The summed E-state index contributed by atoms with van der Waals surface area (Å²) in [5.74, 6) is 0. The SMILES string of the molecule is CC(Nc1cccc(N)c1)c1ccccc1. The molecule has 82 valence electrons. The van der Waals surface area contributed by atoms with E-state index in [1.807, 2.05) is 42.5 Å². The Hall–Kier alpha value is -1.96. The van der Waals surface area contributed by atoms with Crippen molar-refractivity contribution in [1.82, 2.24) is 0 Å². The largest absolute Gasteiger partial charge is 0.399 e. The Morgan fingerprint density at radius 2 is 1.75 bits per heavy atom. The van der Waals surface area contributed by atoms with E-state index >= 15 is 0 Å². The zero-order valence-corrected chi connectivity index (χ0v) is 9.35. The molecule has 0 fully saturated rings. The van der Waals surface area contributed by atoms with Gasteiger partial charge in [-0.05, 0) is 30.7 Å². The highest BCUT2D eigenvalue weighted by Crippen LogP contribution is 2.20. The van der Waals surface area contributed by atoms with Crippen molar-refractivity contribution in [2.75, 3.05) is 11.1 Å². The quantitative estimate of drug-likeness (QED) is 0.765. The van der Waals surface area contributed by atoms with Gasteiger partial charge in [0.25, 0.3) is 0 Å². The first-order chi connectivity index (χ1) is 7.75. The first-order valence-corrected chi connectivity index (χ1v) is 5.43. The van der Waals surface area contributed by atoms with Crippen LogP contribution in [0.1, 0.15) is 18.5 Å². The summed E-state index contributed by atoms with van der Waals surface area (Å²) in [7, 11) is 0. The normalized spacial score (nSPS) is 12.1. The Bertz CT molecular complexity index is 451. The van der Waals surface area contributed by atoms with Crippen LogP contribution in [0.3, 0.4) is 0 Å². The van der Waals surface area contributed by atoms with E-state index in [-0.39, 0.29) is 6.04 Å². The maximum absolute atomic E-state index is 5.73. The van der Waals surface area contributed by atoms with Crippen LogP contribution in [0.2, 0.25) is 0 Å². The molecule has 0 aliphatic heterocycles. The van der Waals surface area contributed by atoms with E-state index in [0.29, 0.717) is 0 Å². The Kier molecular flexibility index (Phi) is 3.10. The first kappa shape index (κ1) is 10.6. The summed E-state index contributed by atoms with van der Waals surface area (Å²) < 4.78 is 0. The van der Waals surface area contributed by atoms with Crippen molar-refractivity contribution in [3.05, 3.63) is 60.2 Å². The fourth-order valence-corrected chi connectivity index (χ4v) is 1.70. The van der Waals surface area contributed by atoms with Gasteiger partial charge in [0.05, 0.1) is 0 Å². The van der Waals surface area contributed by atoms with Crippen LogP contribution in [0.5, 0.6) is 0 Å². The van der Waals surface area contributed by atoms with Gasteiger partial charge >= 0.3 is 0 Å². The predicted octanol–water partition coefficient (Wildman–Crippen LogP) is 3.44. The van der Waals surface area contributed by atoms with Gasteiger partial charge in [0.2, 0.25) is 0 Å². The number of nitrogens with two attached hydrogens (primary N) is 1. The molecule has 3 N–H and O–H groups in total. The average Bonchev–Trinajstić information content (AvgIpc) is 2.30. The van der Waals surface area contributed by atoms with Crippen molar-refractivity contribution in [2.24, 2.45) is 0 Å². The summed E-state index contributed by atoms with van der Waals surface area (Å²) in [6.45, 7) is 2.14. The molecule has 0 aliphatic rings. The molecule has 0 aliphatic carbocycles. The van der Waals surface area contributed by atoms with Crippen LogP contribution in [-0.2, 0) is 0 Å². The molecule has 0 spiro atoms. The minimum absolute atomic E-state index is 0.281. The van der Waals surface area contributed by atoms with Crippen molar-refractivity contribution in [1.29, 1.82) is 0 Å². The van der Waals surface area contributed by atoms with Gasteiger partial charge in [-0.15, -0.1) is 0 Å². The summed E-state index contributed by atoms with van der Waals surface area (Å²) in [4.78, 5) is 0. The third-order valence-electron chi connectivity index (χ3n) is 2.57. The van der Waals surface area contributed by atoms with Crippen molar-refractivity contribution >= 4 is 11.4 Å². The number of hydrogen-bond donors (Lipinski definition) is 2. The molecule has 0 bridgehead atoms. The first-order valence-electron chi connectivity index (χ1n) is 5.43. The number of benzene rings is 2. The van der Waals surface area contributed by atoms with Gasteiger partial charge in [0.15, 0.2) is 0 Å². The monoisotopic (exact) mass is 212 g/mol. The van der Waals surface area contributed by atoms with E-state index in [2.05, 4.69) is 24.4 Å². The van der Waals surface area contributed by atoms with Crippen LogP contribution >= 0.6 is 0 Å². The molecular weight excluding hydrogens is 196 g/mol. The average molecular weight is 212 g/mol. The van der Waals surface area contributed by atoms with Crippen molar-refractivity contribution < 1.29 is 0 Å². The van der Waals surface area contributed by atoms with Gasteiger partial charge < -0.3 is 11.1 Å². The molecule has 2 heteroatoms. The van der Waals surface area contributed by atoms with E-state index in [4.69, 9.17) is 5.73 Å². The molecule has 0 aromatic heterocycles. The number of nitrogens with one attached hydrogen (secondary N) is 1. The van der Waals surface area contributed by atoms with E-state index in [9.17, 15) is 0 Å². The molecule has 2 aromatic rings. The molecule has 0 amide bonds. The van der Waals surface area contributed by atoms with Gasteiger partial charge in [-0.1, -0.05) is 36.4 Å². The van der Waals surface area contributed by atoms with Gasteiger partial charge in [0.1, 0.15) is 0 Å². The second-order valence-electron chi connectivity index (χ2n) is 3.90. The molecular formula is C14H16N2. The van der Waals surface area contributed by atoms with Crippen molar-refractivity contribution in [3.8, 4) is 0 Å². The zero-order valence-electron chi connectivity index (χ0n) is 9.35. The maximum atomic E-state index is 5.73. The lowest BCUT2D eigenvalue weighted by molar-refractivity contribution is 0.885. The standard InChI is InChI=1S/C14H16N2/c1-11(12-6-3-2-4-7-12)16-14-9-5-8-13(15)10-14/h2-11,16H,15H2,1H3. The van der Waals surface area contributed by atoms with Gasteiger partial charge in [-0.3, -0.25) is 0 Å². The highest BCUT2D eigenvalue weighted by molar-refractivity contribution is 5.55. The number of rotatable bonds is 3. The van der Waals surface area contributed by atoms with E-state index < -0.39 is 0 Å². The number of anilines is 2. The Balaban J connectivity index is 2.11. The number of nitrogen functional groups attached to an aromatic ring is 1. The van der Waals surface area contributed by atoms with E-state index in [1.54, 1.807) is 0 Å². The topological polar surface area (TPSA) is 38.0 Å². The molecule has 1 unspecified atom stereocenters. The lowest BCUT2D eigenvalue weighted by Crippen LogP contribution is -2.06. The molecule has 16 heavy (non-hydrogen) atoms. The second kappa shape index (κ2) is 4.71. The van der Waals surface area contributed by atoms with Crippen LogP contribution in [0.15, 0.2) is 54.6 Å². The Morgan fingerprint density at radius 3 is 2.44 bits per heavy atom. The van der Waals surface area contributed by atoms with Crippen LogP contribution < -0.4 is 11.1 Å². The highest BCUT2D eigenvalue weighted by atomic mass is 14.9. The van der Waals surface area contributed by atoms with Crippen LogP contribution in [0, 0.1) is 0 Å². The van der Waals surface area contributed by atoms with Gasteiger partial charge in [0, 0.05) is 17.4 Å². The molecule has 1 atom stereocenters. The van der Waals surface area contributed by atoms with E-state index in [1.165, 1.54) is 5.56 Å². The predicted molar refractivity (Wildman–Crippen MR) is 69.3 cm³/mol. The molecule has 2 aromatic carbocycles. The maximum Gasteiger partial charge on any atom is 0.0485 e. The summed E-state index contributed by atoms with van der Waals surface area (Å²) in [6.07, 6.45) is 0. The van der Waals surface area contributed by atoms with Gasteiger partial charge in [-0.25, -0.2) is 0 Å². The molecule has 0 radical (unpaired) electrons. The summed E-state index contributed by atoms with van der Waals surface area (Å²) in [5, 5.41) is 3.42. The fraction of sp³-hybridized carbons (Fsp3) is 0.143. The van der Waals surface area contributed by atoms with Crippen molar-refractivity contribution in [3.63, 3.8) is 0 Å². The van der Waals surface area contributed by atoms with Crippen LogP contribution in [-0.4, -0.2) is 0 Å². The fourth-order valence-electron chi connectivity index (χ4n) is 1.70. The highest BCUT2D eigenvalue weighted by Gasteiger charge is 2.03. The number of hydrogen-bond acceptors (Lipinski definition) is 2. The van der Waals surface area contributed by atoms with Gasteiger partial charge in [-0.2, -0.15) is 0 Å². The smallest absolute Gasteiger partial charge is 0.0485 e. The molecule has 2 nitrogen and oxygen atoms in total. The minimum Gasteiger partial charge on any atom is -0.399 e. The molecule has 0 saturated carbocycles. The summed E-state index contributed by atoms with van der Waals surface area (Å²) in [6, 6.07) is 18.4. The minimum atomic E-state index is 0.281. The van der Waals surface area contributed by atoms with Crippen molar-refractivity contribution in [2.45, 2.75) is 13.0 Å². The van der Waals surface area contributed by atoms with Crippen LogP contribution in [0.4, 0.5) is 11.4 Å². The zero-order chi connectivity index (χ0) is 11.4. The summed E-state index contributed by atoms with van der Waals surface area (Å²) >= 11 is 0. The Morgan fingerprint density at radius 1 is 1.00 bits per heavy atom. The molecule has 2 rings (SSSR count). The molecule has 0 heterocycles. The molecule has 0 saturated heterocycles. The third kappa shape index (κ3) is 2.54. The van der Waals surface area contributed by atoms with E-state index in [0.717, 1.165) is 11.4 Å². The van der Waals surface area contributed by atoms with Crippen LogP contribution in [0.25, 0.3) is 0 Å². The lowest BCUT2D eigenvalue weighted by atomic mass is 10.1. The second-order valence-corrected chi connectivity index (χ2v) is 3.90.